The lowest BCUT2D eigenvalue weighted by Crippen LogP contribution is -2.55. The molecule has 4 N–H and O–H groups in total. The van der Waals surface area contributed by atoms with E-state index in [1.807, 2.05) is 30.3 Å². The summed E-state index contributed by atoms with van der Waals surface area (Å²) in [6.45, 7) is 1.83. The molecule has 3 rings (SSSR count). The maximum atomic E-state index is 13.4. The summed E-state index contributed by atoms with van der Waals surface area (Å²) in [5.41, 5.74) is 1.05. The van der Waals surface area contributed by atoms with E-state index in [0.29, 0.717) is 32.1 Å². The molecule has 1 amide bonds. The number of nitrogens with zero attached hydrogens (tertiary/aromatic N) is 2. The first kappa shape index (κ1) is 28.0. The van der Waals surface area contributed by atoms with Gasteiger partial charge in [-0.2, -0.15) is 0 Å². The number of hydrogen-bond donors (Lipinski definition) is 4. The van der Waals surface area contributed by atoms with Crippen LogP contribution in [0.2, 0.25) is 0 Å². The Bertz CT molecular complexity index is 868. The van der Waals surface area contributed by atoms with Gasteiger partial charge in [-0.25, -0.2) is 4.79 Å². The van der Waals surface area contributed by atoms with Crippen LogP contribution in [-0.2, 0) is 30.4 Å². The Balaban J connectivity index is 1.61. The van der Waals surface area contributed by atoms with Gasteiger partial charge in [0.25, 0.3) is 0 Å². The molecule has 1 saturated carbocycles. The molecule has 5 atom stereocenters. The normalized spacial score (nSPS) is 22.9. The van der Waals surface area contributed by atoms with Crippen molar-refractivity contribution in [1.29, 1.82) is 0 Å². The van der Waals surface area contributed by atoms with E-state index >= 15 is 0 Å². The number of nitrogens with one attached hydrogen (secondary N) is 1. The van der Waals surface area contributed by atoms with Crippen LogP contribution in [0, 0.1) is 5.92 Å². The number of amides is 1. The molecule has 5 unspecified atom stereocenters. The predicted octanol–water partition coefficient (Wildman–Crippen LogP) is 2.16. The second-order valence-corrected chi connectivity index (χ2v) is 9.52. The molecule has 11 nitrogen and oxygen atoms in total. The minimum Gasteiger partial charge on any atom is -0.480 e. The van der Waals surface area contributed by atoms with Crippen molar-refractivity contribution in [3.8, 4) is 0 Å². The fourth-order valence-electron chi connectivity index (χ4n) is 5.27. The monoisotopic (exact) mass is 507 g/mol. The van der Waals surface area contributed by atoms with Crippen LogP contribution in [-0.4, -0.2) is 81.0 Å². The molecule has 0 radical (unpaired) electrons. The van der Waals surface area contributed by atoms with Gasteiger partial charge >= 0.3 is 11.9 Å². The Morgan fingerprint density at radius 2 is 1.86 bits per heavy atom. The first-order valence-electron chi connectivity index (χ1n) is 12.6. The van der Waals surface area contributed by atoms with Crippen molar-refractivity contribution in [2.75, 3.05) is 13.2 Å². The molecular formula is C25H37N3O8. The van der Waals surface area contributed by atoms with E-state index in [1.54, 1.807) is 6.92 Å². The molecule has 11 heteroatoms. The van der Waals surface area contributed by atoms with E-state index in [1.165, 1.54) is 4.90 Å². The van der Waals surface area contributed by atoms with E-state index in [4.69, 9.17) is 15.2 Å². The SMILES string of the molecule is CC(NC(CCc1ccccc1)C(=O)OCCCCON(O)O)C(=O)N1C(C(=O)O)CC2CCCC21. The molecule has 1 heterocycles. The van der Waals surface area contributed by atoms with E-state index in [-0.39, 0.29) is 36.5 Å². The Morgan fingerprint density at radius 1 is 1.14 bits per heavy atom. The van der Waals surface area contributed by atoms with Crippen molar-refractivity contribution >= 4 is 17.8 Å². The van der Waals surface area contributed by atoms with Crippen LogP contribution in [0.25, 0.3) is 0 Å². The van der Waals surface area contributed by atoms with Crippen molar-refractivity contribution in [3.63, 3.8) is 0 Å². The zero-order valence-corrected chi connectivity index (χ0v) is 20.6. The van der Waals surface area contributed by atoms with Crippen molar-refractivity contribution < 1.29 is 39.5 Å². The third kappa shape index (κ3) is 7.71. The molecular weight excluding hydrogens is 470 g/mol. The van der Waals surface area contributed by atoms with Gasteiger partial charge in [0.2, 0.25) is 5.91 Å². The zero-order chi connectivity index (χ0) is 26.1. The number of benzene rings is 1. The van der Waals surface area contributed by atoms with Crippen LogP contribution in [0.3, 0.4) is 0 Å². The van der Waals surface area contributed by atoms with E-state index in [2.05, 4.69) is 10.2 Å². The number of ether oxygens (including phenoxy) is 1. The second kappa shape index (κ2) is 13.7. The van der Waals surface area contributed by atoms with Gasteiger partial charge in [-0.05, 0) is 63.4 Å². The van der Waals surface area contributed by atoms with Crippen LogP contribution in [0.4, 0.5) is 0 Å². The van der Waals surface area contributed by atoms with Crippen molar-refractivity contribution in [1.82, 2.24) is 15.6 Å². The molecule has 0 bridgehead atoms. The molecule has 1 aliphatic carbocycles. The number of carbonyl (C=O) groups excluding carboxylic acids is 2. The topological polar surface area (TPSA) is 149 Å². The Hall–Kier alpha value is -2.57. The standard InChI is InChI=1S/C25H37N3O8/c1-17(23(29)27-21-11-7-10-19(21)16-22(27)24(30)31)26-20(13-12-18-8-3-2-4-9-18)25(32)35-14-5-6-15-36-28(33)34/h2-4,8-9,17,19-22,26,33-34H,5-7,10-16H2,1H3,(H,30,31). The van der Waals surface area contributed by atoms with Gasteiger partial charge in [0.1, 0.15) is 12.1 Å². The maximum Gasteiger partial charge on any atom is 0.326 e. The lowest BCUT2D eigenvalue weighted by Gasteiger charge is -2.32. The number of esters is 1. The molecule has 200 valence electrons. The van der Waals surface area contributed by atoms with Crippen LogP contribution in [0.5, 0.6) is 0 Å². The Kier molecular flexibility index (Phi) is 10.6. The molecule has 2 aliphatic rings. The average molecular weight is 508 g/mol. The quantitative estimate of drug-likeness (QED) is 0.168. The zero-order valence-electron chi connectivity index (χ0n) is 20.6. The summed E-state index contributed by atoms with van der Waals surface area (Å²) < 4.78 is 5.42. The average Bonchev–Trinajstić information content (AvgIpc) is 3.45. The summed E-state index contributed by atoms with van der Waals surface area (Å²) in [7, 11) is 0. The fraction of sp³-hybridized carbons (Fsp3) is 0.640. The molecule has 0 aromatic heterocycles. The van der Waals surface area contributed by atoms with E-state index in [0.717, 1.165) is 24.8 Å². The lowest BCUT2D eigenvalue weighted by atomic mass is 10.0. The summed E-state index contributed by atoms with van der Waals surface area (Å²) in [5.74, 6) is -1.57. The Labute approximate surface area is 210 Å². The highest BCUT2D eigenvalue weighted by atomic mass is 17.1. The summed E-state index contributed by atoms with van der Waals surface area (Å²) >= 11 is 0. The van der Waals surface area contributed by atoms with E-state index < -0.39 is 30.1 Å². The van der Waals surface area contributed by atoms with Gasteiger partial charge in [-0.15, -0.1) is 0 Å². The highest BCUT2D eigenvalue weighted by Crippen LogP contribution is 2.41. The highest BCUT2D eigenvalue weighted by Gasteiger charge is 2.49. The van der Waals surface area contributed by atoms with Gasteiger partial charge in [0.05, 0.1) is 24.6 Å². The largest absolute Gasteiger partial charge is 0.480 e. The molecule has 1 saturated heterocycles. The van der Waals surface area contributed by atoms with Crippen molar-refractivity contribution in [2.24, 2.45) is 5.92 Å². The summed E-state index contributed by atoms with van der Waals surface area (Å²) in [5, 5.41) is 29.5. The van der Waals surface area contributed by atoms with Gasteiger partial charge in [-0.3, -0.25) is 30.2 Å². The maximum absolute atomic E-state index is 13.4. The van der Waals surface area contributed by atoms with Gasteiger partial charge < -0.3 is 14.7 Å². The number of rotatable bonds is 14. The van der Waals surface area contributed by atoms with Gasteiger partial charge in [0, 0.05) is 6.04 Å². The fourth-order valence-corrected chi connectivity index (χ4v) is 5.27. The number of fused-ring (bicyclic) bond motifs is 1. The minimum absolute atomic E-state index is 0.0501. The third-order valence-corrected chi connectivity index (χ3v) is 7.04. The third-order valence-electron chi connectivity index (χ3n) is 7.04. The smallest absolute Gasteiger partial charge is 0.326 e. The lowest BCUT2D eigenvalue weighted by molar-refractivity contribution is -0.492. The number of likely N-dealkylation sites (tertiary alicyclic amines) is 1. The first-order chi connectivity index (χ1) is 17.3. The van der Waals surface area contributed by atoms with Crippen molar-refractivity contribution in [2.45, 2.75) is 82.5 Å². The number of unbranched alkanes of at least 4 members (excludes halogenated alkanes) is 1. The number of aryl methyl sites for hydroxylation is 1. The minimum atomic E-state index is -0.987. The van der Waals surface area contributed by atoms with E-state index in [9.17, 15) is 19.5 Å². The number of carboxylic acid groups (broad SMARTS) is 1. The second-order valence-electron chi connectivity index (χ2n) is 9.52. The summed E-state index contributed by atoms with van der Waals surface area (Å²) in [4.78, 5) is 44.2. The molecule has 1 aliphatic heterocycles. The number of aliphatic carboxylic acids is 1. The predicted molar refractivity (Wildman–Crippen MR) is 127 cm³/mol. The Morgan fingerprint density at radius 3 is 2.56 bits per heavy atom. The molecule has 2 fully saturated rings. The first-order valence-corrected chi connectivity index (χ1v) is 12.6. The van der Waals surface area contributed by atoms with Crippen molar-refractivity contribution in [3.05, 3.63) is 35.9 Å². The van der Waals surface area contributed by atoms with Gasteiger partial charge in [-0.1, -0.05) is 36.8 Å². The molecule has 0 spiro atoms. The number of carboxylic acids is 1. The number of carbonyl (C=O) groups is 3. The molecule has 36 heavy (non-hydrogen) atoms. The summed E-state index contributed by atoms with van der Waals surface area (Å²) in [6, 6.07) is 7.27. The molecule has 1 aromatic carbocycles. The van der Waals surface area contributed by atoms with Crippen LogP contribution in [0.15, 0.2) is 30.3 Å². The summed E-state index contributed by atoms with van der Waals surface area (Å²) in [6.07, 6.45) is 5.10. The number of hydrogen-bond acceptors (Lipinski definition) is 9. The van der Waals surface area contributed by atoms with Crippen LogP contribution < -0.4 is 5.32 Å². The van der Waals surface area contributed by atoms with Gasteiger partial charge in [0.15, 0.2) is 0 Å². The highest BCUT2D eigenvalue weighted by molar-refractivity contribution is 5.88. The van der Waals surface area contributed by atoms with Crippen LogP contribution in [0.1, 0.15) is 57.4 Å². The van der Waals surface area contributed by atoms with Crippen LogP contribution >= 0.6 is 0 Å². The molecule has 1 aromatic rings.